The van der Waals surface area contributed by atoms with Crippen molar-refractivity contribution < 1.29 is 9.18 Å². The monoisotopic (exact) mass is 182 g/mol. The number of hydrogen-bond acceptors (Lipinski definition) is 2. The van der Waals surface area contributed by atoms with E-state index in [2.05, 4.69) is 5.32 Å². The summed E-state index contributed by atoms with van der Waals surface area (Å²) in [6.45, 7) is 2.33. The summed E-state index contributed by atoms with van der Waals surface area (Å²) < 4.78 is 12.6. The molecule has 1 amide bonds. The molecule has 3 N–H and O–H groups in total. The Morgan fingerprint density at radius 3 is 2.85 bits per heavy atom. The number of nitrogens with one attached hydrogen (secondary N) is 1. The van der Waals surface area contributed by atoms with Crippen molar-refractivity contribution in [2.75, 3.05) is 12.3 Å². The van der Waals surface area contributed by atoms with Gasteiger partial charge in [-0.05, 0) is 25.1 Å². The molecule has 0 aliphatic carbocycles. The lowest BCUT2D eigenvalue weighted by atomic mass is 10.1. The lowest BCUT2D eigenvalue weighted by Gasteiger charge is -2.04. The summed E-state index contributed by atoms with van der Waals surface area (Å²) in [5.74, 6) is -0.717. The summed E-state index contributed by atoms with van der Waals surface area (Å²) in [7, 11) is 0. The Morgan fingerprint density at radius 1 is 1.62 bits per heavy atom. The van der Waals surface area contributed by atoms with Crippen molar-refractivity contribution in [3.8, 4) is 0 Å². The normalized spacial score (nSPS) is 9.69. The molecule has 0 heterocycles. The highest BCUT2D eigenvalue weighted by molar-refractivity contribution is 5.99. The van der Waals surface area contributed by atoms with Crippen molar-refractivity contribution in [2.45, 2.75) is 6.92 Å². The molecule has 1 aromatic rings. The maximum absolute atomic E-state index is 12.6. The Labute approximate surface area is 75.7 Å². The van der Waals surface area contributed by atoms with Gasteiger partial charge in [-0.15, -0.1) is 0 Å². The maximum Gasteiger partial charge on any atom is 0.253 e. The van der Waals surface area contributed by atoms with Crippen LogP contribution in [0.4, 0.5) is 10.1 Å². The molecular weight excluding hydrogens is 171 g/mol. The van der Waals surface area contributed by atoms with E-state index in [1.807, 2.05) is 0 Å². The number of hydrogen-bond donors (Lipinski definition) is 2. The molecule has 70 valence electrons. The molecule has 0 saturated carbocycles. The lowest BCUT2D eigenvalue weighted by Crippen LogP contribution is -2.23. The number of rotatable bonds is 2. The van der Waals surface area contributed by atoms with Gasteiger partial charge in [0, 0.05) is 12.2 Å². The van der Waals surface area contributed by atoms with Gasteiger partial charge in [-0.2, -0.15) is 0 Å². The number of carbonyl (C=O) groups excluding carboxylic acids is 1. The zero-order chi connectivity index (χ0) is 9.84. The summed E-state index contributed by atoms with van der Waals surface area (Å²) >= 11 is 0. The first-order chi connectivity index (χ1) is 6.15. The molecule has 0 aromatic heterocycles. The summed E-state index contributed by atoms with van der Waals surface area (Å²) in [6, 6.07) is 3.71. The zero-order valence-electron chi connectivity index (χ0n) is 7.30. The van der Waals surface area contributed by atoms with Crippen LogP contribution in [0.25, 0.3) is 0 Å². The van der Waals surface area contributed by atoms with E-state index >= 15 is 0 Å². The van der Waals surface area contributed by atoms with Gasteiger partial charge in [0.2, 0.25) is 0 Å². The number of benzene rings is 1. The minimum absolute atomic E-state index is 0.158. The van der Waals surface area contributed by atoms with Crippen LogP contribution in [0.15, 0.2) is 18.2 Å². The molecule has 0 saturated heterocycles. The van der Waals surface area contributed by atoms with Crippen molar-refractivity contribution in [1.29, 1.82) is 0 Å². The fraction of sp³-hybridized carbons (Fsp3) is 0.222. The first-order valence-electron chi connectivity index (χ1n) is 3.98. The molecule has 0 aliphatic heterocycles. The molecule has 0 bridgehead atoms. The van der Waals surface area contributed by atoms with Gasteiger partial charge in [0.05, 0.1) is 5.56 Å². The quantitative estimate of drug-likeness (QED) is 0.674. The largest absolute Gasteiger partial charge is 0.398 e. The Bertz CT molecular complexity index is 325. The maximum atomic E-state index is 12.6. The van der Waals surface area contributed by atoms with Crippen molar-refractivity contribution in [2.24, 2.45) is 0 Å². The van der Waals surface area contributed by atoms with Crippen LogP contribution in [0, 0.1) is 5.82 Å². The minimum atomic E-state index is -0.439. The predicted molar refractivity (Wildman–Crippen MR) is 48.8 cm³/mol. The molecular formula is C9H11FN2O. The van der Waals surface area contributed by atoms with Crippen molar-refractivity contribution in [1.82, 2.24) is 5.32 Å². The average Bonchev–Trinajstić information content (AvgIpc) is 2.04. The van der Waals surface area contributed by atoms with Gasteiger partial charge in [0.25, 0.3) is 5.91 Å². The van der Waals surface area contributed by atoms with E-state index in [4.69, 9.17) is 5.73 Å². The first-order valence-corrected chi connectivity index (χ1v) is 3.98. The van der Waals surface area contributed by atoms with Crippen LogP contribution in [0.1, 0.15) is 17.3 Å². The average molecular weight is 182 g/mol. The molecule has 1 rings (SSSR count). The number of halogens is 1. The molecule has 0 unspecified atom stereocenters. The van der Waals surface area contributed by atoms with E-state index in [-0.39, 0.29) is 11.6 Å². The Hall–Kier alpha value is -1.58. The minimum Gasteiger partial charge on any atom is -0.398 e. The highest BCUT2D eigenvalue weighted by Crippen LogP contribution is 2.12. The number of carbonyl (C=O) groups is 1. The second-order valence-electron chi connectivity index (χ2n) is 2.59. The second-order valence-corrected chi connectivity index (χ2v) is 2.59. The Kier molecular flexibility index (Phi) is 2.84. The smallest absolute Gasteiger partial charge is 0.253 e. The number of nitrogens with two attached hydrogens (primary N) is 1. The second kappa shape index (κ2) is 3.89. The van der Waals surface area contributed by atoms with Crippen LogP contribution >= 0.6 is 0 Å². The van der Waals surface area contributed by atoms with Crippen molar-refractivity contribution in [3.63, 3.8) is 0 Å². The molecule has 13 heavy (non-hydrogen) atoms. The third-order valence-corrected chi connectivity index (χ3v) is 1.60. The first kappa shape index (κ1) is 9.51. The number of nitrogen functional groups attached to an aromatic ring is 1. The third-order valence-electron chi connectivity index (χ3n) is 1.60. The zero-order valence-corrected chi connectivity index (χ0v) is 7.30. The van der Waals surface area contributed by atoms with Crippen LogP contribution in [0.3, 0.4) is 0 Å². The van der Waals surface area contributed by atoms with Gasteiger partial charge in [-0.1, -0.05) is 0 Å². The summed E-state index contributed by atoms with van der Waals surface area (Å²) in [6.07, 6.45) is 0. The molecule has 1 aromatic carbocycles. The SMILES string of the molecule is CCNC(=O)c1ccc(F)cc1N. The Morgan fingerprint density at radius 2 is 2.31 bits per heavy atom. The van der Waals surface area contributed by atoms with Crippen molar-refractivity contribution >= 4 is 11.6 Å². The molecule has 0 spiro atoms. The van der Waals surface area contributed by atoms with Gasteiger partial charge >= 0.3 is 0 Å². The number of amides is 1. The van der Waals surface area contributed by atoms with Gasteiger partial charge in [-0.25, -0.2) is 4.39 Å². The third kappa shape index (κ3) is 2.18. The molecule has 0 atom stereocenters. The van der Waals surface area contributed by atoms with Crippen LogP contribution < -0.4 is 11.1 Å². The highest BCUT2D eigenvalue weighted by Gasteiger charge is 2.08. The van der Waals surface area contributed by atoms with Gasteiger partial charge in [0.15, 0.2) is 0 Å². The van der Waals surface area contributed by atoms with Gasteiger partial charge in [0.1, 0.15) is 5.82 Å². The number of anilines is 1. The topological polar surface area (TPSA) is 55.1 Å². The van der Waals surface area contributed by atoms with Gasteiger partial charge in [-0.3, -0.25) is 4.79 Å². The van der Waals surface area contributed by atoms with E-state index < -0.39 is 5.82 Å². The highest BCUT2D eigenvalue weighted by atomic mass is 19.1. The van der Waals surface area contributed by atoms with E-state index in [0.717, 1.165) is 6.07 Å². The fourth-order valence-corrected chi connectivity index (χ4v) is 0.996. The van der Waals surface area contributed by atoms with Crippen molar-refractivity contribution in [3.05, 3.63) is 29.6 Å². The fourth-order valence-electron chi connectivity index (χ4n) is 0.996. The predicted octanol–water partition coefficient (Wildman–Crippen LogP) is 1.16. The van der Waals surface area contributed by atoms with Gasteiger partial charge < -0.3 is 11.1 Å². The van der Waals surface area contributed by atoms with E-state index in [1.165, 1.54) is 12.1 Å². The standard InChI is InChI=1S/C9H11FN2O/c1-2-12-9(13)7-4-3-6(10)5-8(7)11/h3-5H,2,11H2,1H3,(H,12,13). The van der Waals surface area contributed by atoms with Crippen LogP contribution in [0.2, 0.25) is 0 Å². The van der Waals surface area contributed by atoms with Crippen LogP contribution in [-0.2, 0) is 0 Å². The Balaban J connectivity index is 2.95. The van der Waals surface area contributed by atoms with E-state index in [1.54, 1.807) is 6.92 Å². The van der Waals surface area contributed by atoms with Crippen LogP contribution in [-0.4, -0.2) is 12.5 Å². The molecule has 3 nitrogen and oxygen atoms in total. The van der Waals surface area contributed by atoms with E-state index in [0.29, 0.717) is 12.1 Å². The molecule has 0 aliphatic rings. The molecule has 0 radical (unpaired) electrons. The summed E-state index contributed by atoms with van der Waals surface area (Å²) in [5, 5.41) is 2.58. The summed E-state index contributed by atoms with van der Waals surface area (Å²) in [4.78, 5) is 11.3. The molecule has 0 fully saturated rings. The lowest BCUT2D eigenvalue weighted by molar-refractivity contribution is 0.0956. The van der Waals surface area contributed by atoms with Crippen LogP contribution in [0.5, 0.6) is 0 Å². The summed E-state index contributed by atoms with van der Waals surface area (Å²) in [5.41, 5.74) is 5.92. The van der Waals surface area contributed by atoms with E-state index in [9.17, 15) is 9.18 Å². The molecule has 4 heteroatoms.